The van der Waals surface area contributed by atoms with Crippen LogP contribution in [0.1, 0.15) is 25.7 Å². The van der Waals surface area contributed by atoms with Gasteiger partial charge < -0.3 is 15.3 Å². The zero-order valence-electron chi connectivity index (χ0n) is 20.3. The lowest BCUT2D eigenvalue weighted by Gasteiger charge is -2.32. The van der Waals surface area contributed by atoms with Crippen LogP contribution in [-0.2, 0) is 0 Å². The molecular formula is C29H32N4O2. The van der Waals surface area contributed by atoms with Gasteiger partial charge in [0.1, 0.15) is 5.82 Å². The molecule has 6 nitrogen and oxygen atoms in total. The van der Waals surface area contributed by atoms with Crippen LogP contribution >= 0.6 is 0 Å². The largest absolute Gasteiger partial charge is 0.465 e. The topological polar surface area (TPSA) is 68.7 Å². The second kappa shape index (κ2) is 9.82. The number of nitrogens with zero attached hydrogens (tertiary/aromatic N) is 3. The van der Waals surface area contributed by atoms with Crippen LogP contribution in [0, 0.1) is 5.92 Å². The maximum Gasteiger partial charge on any atom is 0.411 e. The molecule has 6 heteroatoms. The van der Waals surface area contributed by atoms with Crippen molar-refractivity contribution in [2.45, 2.75) is 31.7 Å². The minimum Gasteiger partial charge on any atom is -0.465 e. The smallest absolute Gasteiger partial charge is 0.411 e. The molecule has 0 radical (unpaired) electrons. The molecule has 0 saturated heterocycles. The van der Waals surface area contributed by atoms with E-state index in [-0.39, 0.29) is 0 Å². The number of benzene rings is 3. The van der Waals surface area contributed by atoms with E-state index in [4.69, 9.17) is 4.98 Å². The lowest BCUT2D eigenvalue weighted by molar-refractivity contribution is 0.199. The molecule has 0 atom stereocenters. The van der Waals surface area contributed by atoms with Gasteiger partial charge in [-0.2, -0.15) is 0 Å². The zero-order valence-corrected chi connectivity index (χ0v) is 20.3. The summed E-state index contributed by atoms with van der Waals surface area (Å²) in [6.07, 6.45) is 3.09. The van der Waals surface area contributed by atoms with Crippen LogP contribution in [0.3, 0.4) is 0 Å². The van der Waals surface area contributed by atoms with E-state index >= 15 is 0 Å². The van der Waals surface area contributed by atoms with Gasteiger partial charge in [-0.3, -0.25) is 4.90 Å². The van der Waals surface area contributed by atoms with Crippen molar-refractivity contribution in [1.82, 2.24) is 4.98 Å². The number of aromatic nitrogens is 1. The van der Waals surface area contributed by atoms with E-state index in [1.807, 2.05) is 54.6 Å². The molecule has 4 aromatic rings. The molecule has 1 saturated carbocycles. The fraction of sp³-hybridized carbons (Fsp3) is 0.310. The van der Waals surface area contributed by atoms with Gasteiger partial charge in [0, 0.05) is 49.5 Å². The molecule has 0 aliphatic heterocycles. The van der Waals surface area contributed by atoms with Gasteiger partial charge in [-0.05, 0) is 60.6 Å². The number of rotatable bonds is 6. The Morgan fingerprint density at radius 2 is 1.66 bits per heavy atom. The lowest BCUT2D eigenvalue weighted by Crippen LogP contribution is -2.37. The number of hydrogen-bond donors (Lipinski definition) is 2. The van der Waals surface area contributed by atoms with Crippen molar-refractivity contribution in [3.05, 3.63) is 72.8 Å². The monoisotopic (exact) mass is 468 g/mol. The van der Waals surface area contributed by atoms with Crippen LogP contribution in [0.15, 0.2) is 72.8 Å². The minimum atomic E-state index is -0.892. The molecule has 1 heterocycles. The van der Waals surface area contributed by atoms with Crippen molar-refractivity contribution in [3.63, 3.8) is 0 Å². The Hall–Kier alpha value is -3.80. The number of carboxylic acid groups (broad SMARTS) is 1. The van der Waals surface area contributed by atoms with Gasteiger partial charge in [0.2, 0.25) is 0 Å². The van der Waals surface area contributed by atoms with E-state index in [9.17, 15) is 9.90 Å². The fourth-order valence-corrected chi connectivity index (χ4v) is 5.20. The number of pyridine rings is 1. The molecule has 5 rings (SSSR count). The minimum absolute atomic E-state index is 0.342. The second-order valence-corrected chi connectivity index (χ2v) is 9.72. The van der Waals surface area contributed by atoms with E-state index in [1.54, 1.807) is 0 Å². The molecule has 1 aliphatic carbocycles. The number of amides is 1. The first kappa shape index (κ1) is 23.0. The van der Waals surface area contributed by atoms with E-state index in [0.29, 0.717) is 18.5 Å². The molecule has 0 bridgehead atoms. The highest BCUT2D eigenvalue weighted by Gasteiger charge is 2.26. The van der Waals surface area contributed by atoms with E-state index in [0.717, 1.165) is 64.6 Å². The third-order valence-corrected chi connectivity index (χ3v) is 7.09. The third-order valence-electron chi connectivity index (χ3n) is 7.09. The van der Waals surface area contributed by atoms with Crippen molar-refractivity contribution in [2.75, 3.05) is 35.8 Å². The van der Waals surface area contributed by atoms with Crippen LogP contribution in [0.25, 0.3) is 21.7 Å². The first-order chi connectivity index (χ1) is 17.0. The number of nitrogens with one attached hydrogen (secondary N) is 1. The van der Waals surface area contributed by atoms with Crippen molar-refractivity contribution in [1.29, 1.82) is 0 Å². The fourth-order valence-electron chi connectivity index (χ4n) is 5.20. The molecule has 0 unspecified atom stereocenters. The summed E-state index contributed by atoms with van der Waals surface area (Å²) < 4.78 is 0. The maximum atomic E-state index is 12.1. The van der Waals surface area contributed by atoms with Gasteiger partial charge in [-0.15, -0.1) is 0 Å². The summed E-state index contributed by atoms with van der Waals surface area (Å²) in [6, 6.07) is 24.6. The Labute approximate surface area is 206 Å². The lowest BCUT2D eigenvalue weighted by atomic mass is 9.85. The highest BCUT2D eigenvalue weighted by molar-refractivity contribution is 5.93. The quantitative estimate of drug-likeness (QED) is 0.333. The third kappa shape index (κ3) is 5.02. The molecule has 2 N–H and O–H groups in total. The average Bonchev–Trinajstić information content (AvgIpc) is 2.87. The van der Waals surface area contributed by atoms with Crippen molar-refractivity contribution >= 4 is 45.0 Å². The number of hydrogen-bond acceptors (Lipinski definition) is 4. The van der Waals surface area contributed by atoms with Crippen LogP contribution in [0.2, 0.25) is 0 Å². The summed E-state index contributed by atoms with van der Waals surface area (Å²) in [6.45, 7) is 0.527. The van der Waals surface area contributed by atoms with E-state index in [2.05, 4.69) is 42.5 Å². The summed E-state index contributed by atoms with van der Waals surface area (Å²) >= 11 is 0. The molecule has 3 aromatic carbocycles. The Morgan fingerprint density at radius 1 is 0.943 bits per heavy atom. The number of carbonyl (C=O) groups is 1. The van der Waals surface area contributed by atoms with Crippen LogP contribution in [-0.4, -0.2) is 42.9 Å². The average molecular weight is 469 g/mol. The predicted octanol–water partition coefficient (Wildman–Crippen LogP) is 6.61. The Balaban J connectivity index is 1.24. The van der Waals surface area contributed by atoms with E-state index < -0.39 is 6.09 Å². The predicted molar refractivity (Wildman–Crippen MR) is 145 cm³/mol. The van der Waals surface area contributed by atoms with Gasteiger partial charge in [0.25, 0.3) is 0 Å². The first-order valence-corrected chi connectivity index (χ1v) is 12.3. The van der Waals surface area contributed by atoms with Gasteiger partial charge in [-0.25, -0.2) is 9.78 Å². The summed E-state index contributed by atoms with van der Waals surface area (Å²) in [5.74, 6) is 1.25. The van der Waals surface area contributed by atoms with Crippen LogP contribution < -0.4 is 15.1 Å². The molecule has 1 amide bonds. The Bertz CT molecular complexity index is 1350. The highest BCUT2D eigenvalue weighted by atomic mass is 16.4. The first-order valence-electron chi connectivity index (χ1n) is 12.3. The number of para-hydroxylation sites is 1. The maximum absolute atomic E-state index is 12.1. The molecule has 1 fully saturated rings. The Morgan fingerprint density at radius 3 is 2.40 bits per heavy atom. The van der Waals surface area contributed by atoms with Gasteiger partial charge in [0.15, 0.2) is 0 Å². The van der Waals surface area contributed by atoms with Gasteiger partial charge >= 0.3 is 6.09 Å². The summed E-state index contributed by atoms with van der Waals surface area (Å²) in [7, 11) is 4.11. The summed E-state index contributed by atoms with van der Waals surface area (Å²) in [4.78, 5) is 20.6. The SMILES string of the molecule is CN(C)c1cc(NC2CCC(CN(C(=O)O)c3ccc4ccccc4c3)CC2)nc2ccccc12. The summed E-state index contributed by atoms with van der Waals surface area (Å²) in [5, 5.41) is 16.9. The van der Waals surface area contributed by atoms with Crippen LogP contribution in [0.4, 0.5) is 22.0 Å². The normalized spacial score (nSPS) is 17.9. The molecule has 1 aromatic heterocycles. The van der Waals surface area contributed by atoms with Crippen LogP contribution in [0.5, 0.6) is 0 Å². The van der Waals surface area contributed by atoms with Crippen molar-refractivity contribution < 1.29 is 9.90 Å². The van der Waals surface area contributed by atoms with Gasteiger partial charge in [0.05, 0.1) is 5.52 Å². The van der Waals surface area contributed by atoms with Crippen molar-refractivity contribution in [2.24, 2.45) is 5.92 Å². The second-order valence-electron chi connectivity index (χ2n) is 9.72. The standard InChI is InChI=1S/C29H32N4O2/c1-32(2)27-18-28(31-26-10-6-5-9-25(26)27)30-23-14-11-20(12-15-23)19-33(29(34)35)24-16-13-21-7-3-4-8-22(21)17-24/h3-10,13,16-18,20,23H,11-12,14-15,19H2,1-2H3,(H,30,31)(H,34,35). The van der Waals surface area contributed by atoms with Crippen molar-refractivity contribution in [3.8, 4) is 0 Å². The van der Waals surface area contributed by atoms with E-state index in [1.165, 1.54) is 4.90 Å². The zero-order chi connectivity index (χ0) is 24.4. The Kier molecular flexibility index (Phi) is 6.45. The summed E-state index contributed by atoms with van der Waals surface area (Å²) in [5.41, 5.74) is 2.88. The van der Waals surface area contributed by atoms with Gasteiger partial charge in [-0.1, -0.05) is 48.5 Å². The molecule has 1 aliphatic rings. The molecule has 35 heavy (non-hydrogen) atoms. The molecule has 0 spiro atoms. The highest BCUT2D eigenvalue weighted by Crippen LogP contribution is 2.32. The molecule has 180 valence electrons. The number of anilines is 3. The number of fused-ring (bicyclic) bond motifs is 2. The molecular weight excluding hydrogens is 436 g/mol.